The molecule has 1 unspecified atom stereocenters. The van der Waals surface area contributed by atoms with E-state index in [-0.39, 0.29) is 23.8 Å². The third-order valence-corrected chi connectivity index (χ3v) is 6.81. The lowest BCUT2D eigenvalue weighted by atomic mass is 9.66. The maximum absolute atomic E-state index is 13.5. The van der Waals surface area contributed by atoms with Crippen LogP contribution >= 0.6 is 0 Å². The summed E-state index contributed by atoms with van der Waals surface area (Å²) in [4.78, 5) is 31.8. The average Bonchev–Trinajstić information content (AvgIpc) is 2.82. The fourth-order valence-electron chi connectivity index (χ4n) is 5.17. The summed E-state index contributed by atoms with van der Waals surface area (Å²) in [6.07, 6.45) is 1.69. The minimum atomic E-state index is -0.726. The van der Waals surface area contributed by atoms with Crippen LogP contribution < -0.4 is 9.47 Å². The molecule has 2 aromatic carbocycles. The Morgan fingerprint density at radius 3 is 2.49 bits per heavy atom. The second kappa shape index (κ2) is 10.1. The lowest BCUT2D eigenvalue weighted by Gasteiger charge is -2.39. The highest BCUT2D eigenvalue weighted by molar-refractivity contribution is 6.09. The molecule has 0 amide bonds. The minimum absolute atomic E-state index is 0.0180. The third-order valence-electron chi connectivity index (χ3n) is 6.81. The molecule has 0 saturated carbocycles. The second-order valence-corrected chi connectivity index (χ2v) is 10.0. The number of aliphatic imine (C=N–C) groups is 1. The molecule has 0 fully saturated rings. The molecule has 1 aliphatic carbocycles. The van der Waals surface area contributed by atoms with Gasteiger partial charge in [-0.3, -0.25) is 14.6 Å². The van der Waals surface area contributed by atoms with Crippen molar-refractivity contribution in [1.82, 2.24) is 0 Å². The molecule has 0 spiro atoms. The number of Topliss-reactive ketones (excluding diaryl/α,β-unsaturated/α-hetero) is 1. The lowest BCUT2D eigenvalue weighted by molar-refractivity contribution is -0.146. The molecule has 4 rings (SSSR count). The van der Waals surface area contributed by atoms with E-state index in [9.17, 15) is 9.59 Å². The first-order valence-corrected chi connectivity index (χ1v) is 12.0. The van der Waals surface area contributed by atoms with E-state index >= 15 is 0 Å². The maximum atomic E-state index is 13.5. The zero-order chi connectivity index (χ0) is 25.2. The molecule has 0 radical (unpaired) electrons. The van der Waals surface area contributed by atoms with Crippen LogP contribution in [0, 0.1) is 11.3 Å². The highest BCUT2D eigenvalue weighted by Crippen LogP contribution is 2.50. The van der Waals surface area contributed by atoms with Gasteiger partial charge in [0.1, 0.15) is 17.4 Å². The minimum Gasteiger partial charge on any atom is -0.497 e. The molecule has 6 nitrogen and oxygen atoms in total. The Bertz CT molecular complexity index is 1180. The normalized spacial score (nSPS) is 21.2. The van der Waals surface area contributed by atoms with E-state index in [1.54, 1.807) is 20.3 Å². The van der Waals surface area contributed by atoms with E-state index in [2.05, 4.69) is 13.8 Å². The van der Waals surface area contributed by atoms with Crippen molar-refractivity contribution in [3.63, 3.8) is 0 Å². The number of carbonyl (C=O) groups excluding carboxylic acids is 2. The van der Waals surface area contributed by atoms with Crippen LogP contribution in [-0.2, 0) is 20.7 Å². The van der Waals surface area contributed by atoms with Gasteiger partial charge in [-0.25, -0.2) is 0 Å². The summed E-state index contributed by atoms with van der Waals surface area (Å²) in [5.41, 5.74) is 3.63. The van der Waals surface area contributed by atoms with E-state index in [0.29, 0.717) is 42.0 Å². The van der Waals surface area contributed by atoms with E-state index in [1.807, 2.05) is 49.4 Å². The van der Waals surface area contributed by atoms with Crippen molar-refractivity contribution in [2.45, 2.75) is 46.0 Å². The van der Waals surface area contributed by atoms with Gasteiger partial charge in [-0.2, -0.15) is 0 Å². The summed E-state index contributed by atoms with van der Waals surface area (Å²) >= 11 is 0. The van der Waals surface area contributed by atoms with Crippen LogP contribution in [0.1, 0.15) is 50.7 Å². The number of benzene rings is 2. The number of carbonyl (C=O) groups is 2. The van der Waals surface area contributed by atoms with Crippen LogP contribution in [0.4, 0.5) is 0 Å². The Labute approximate surface area is 207 Å². The predicted octanol–water partition coefficient (Wildman–Crippen LogP) is 5.31. The highest BCUT2D eigenvalue weighted by atomic mass is 16.5. The Kier molecular flexibility index (Phi) is 7.10. The van der Waals surface area contributed by atoms with E-state index < -0.39 is 11.8 Å². The quantitative estimate of drug-likeness (QED) is 0.508. The van der Waals surface area contributed by atoms with Gasteiger partial charge in [0.25, 0.3) is 0 Å². The van der Waals surface area contributed by atoms with Gasteiger partial charge in [0.15, 0.2) is 5.78 Å². The monoisotopic (exact) mass is 475 g/mol. The van der Waals surface area contributed by atoms with Gasteiger partial charge in [0.05, 0.1) is 20.8 Å². The summed E-state index contributed by atoms with van der Waals surface area (Å²) in [5.74, 6) is -0.429. The first-order chi connectivity index (χ1) is 16.7. The standard InChI is InChI=1S/C29H33NO5/c1-18-25(28(32)35-14-13-19-9-7-6-8-10-19)26(21-15-20(33-4)11-12-24(21)34-5)27-22(30-18)16-29(2,3)17-23(27)31/h6-12,15,25-26H,13-14,16-17H2,1-5H3/t25?,26-/m0/s1. The smallest absolute Gasteiger partial charge is 0.315 e. The zero-order valence-electron chi connectivity index (χ0n) is 21.1. The van der Waals surface area contributed by atoms with Crippen molar-refractivity contribution >= 4 is 17.5 Å². The predicted molar refractivity (Wildman–Crippen MR) is 135 cm³/mol. The number of esters is 1. The molecule has 2 aliphatic rings. The molecular formula is C29H33NO5. The molecule has 0 aromatic heterocycles. The van der Waals surface area contributed by atoms with Gasteiger partial charge in [-0.05, 0) is 42.5 Å². The Morgan fingerprint density at radius 2 is 1.80 bits per heavy atom. The van der Waals surface area contributed by atoms with Crippen LogP contribution in [0.5, 0.6) is 11.5 Å². The number of allylic oxidation sites excluding steroid dienone is 2. The molecule has 6 heteroatoms. The molecule has 0 saturated heterocycles. The number of methoxy groups -OCH3 is 2. The van der Waals surface area contributed by atoms with Crippen molar-refractivity contribution in [3.05, 3.63) is 70.9 Å². The molecular weight excluding hydrogens is 442 g/mol. The Balaban J connectivity index is 1.74. The van der Waals surface area contributed by atoms with E-state index in [1.165, 1.54) is 0 Å². The number of ether oxygens (including phenoxy) is 3. The van der Waals surface area contributed by atoms with Gasteiger partial charge in [-0.1, -0.05) is 44.2 Å². The molecule has 35 heavy (non-hydrogen) atoms. The average molecular weight is 476 g/mol. The topological polar surface area (TPSA) is 74.2 Å². The number of hydrogen-bond donors (Lipinski definition) is 0. The van der Waals surface area contributed by atoms with Gasteiger partial charge < -0.3 is 14.2 Å². The summed E-state index contributed by atoms with van der Waals surface area (Å²) < 4.78 is 16.9. The summed E-state index contributed by atoms with van der Waals surface area (Å²) in [6, 6.07) is 15.4. The van der Waals surface area contributed by atoms with Gasteiger partial charge in [0, 0.05) is 41.3 Å². The third kappa shape index (κ3) is 5.16. The molecule has 2 atom stereocenters. The van der Waals surface area contributed by atoms with Crippen molar-refractivity contribution in [2.24, 2.45) is 16.3 Å². The number of ketones is 1. The largest absolute Gasteiger partial charge is 0.497 e. The fraction of sp³-hybridized carbons (Fsp3) is 0.414. The van der Waals surface area contributed by atoms with Crippen molar-refractivity contribution in [3.8, 4) is 11.5 Å². The van der Waals surface area contributed by atoms with Crippen LogP contribution in [0.3, 0.4) is 0 Å². The lowest BCUT2D eigenvalue weighted by Crippen LogP contribution is -2.39. The van der Waals surface area contributed by atoms with Gasteiger partial charge in [0.2, 0.25) is 0 Å². The number of rotatable bonds is 7. The summed E-state index contributed by atoms with van der Waals surface area (Å²) in [7, 11) is 3.18. The van der Waals surface area contributed by atoms with Crippen molar-refractivity contribution in [2.75, 3.05) is 20.8 Å². The van der Waals surface area contributed by atoms with Crippen molar-refractivity contribution in [1.29, 1.82) is 0 Å². The summed E-state index contributed by atoms with van der Waals surface area (Å²) in [5, 5.41) is 0. The highest BCUT2D eigenvalue weighted by Gasteiger charge is 2.47. The molecule has 0 bridgehead atoms. The molecule has 1 heterocycles. The Hall–Kier alpha value is -3.41. The van der Waals surface area contributed by atoms with Gasteiger partial charge >= 0.3 is 5.97 Å². The zero-order valence-corrected chi connectivity index (χ0v) is 21.1. The SMILES string of the molecule is COc1ccc(OC)c([C@@H]2C3=C(CC(C)(C)CC3=O)N=C(C)C2C(=O)OCCc2ccccc2)c1. The molecule has 2 aromatic rings. The van der Waals surface area contributed by atoms with Crippen molar-refractivity contribution < 1.29 is 23.8 Å². The number of hydrogen-bond acceptors (Lipinski definition) is 6. The molecule has 184 valence electrons. The maximum Gasteiger partial charge on any atom is 0.315 e. The Morgan fingerprint density at radius 1 is 1.06 bits per heavy atom. The van der Waals surface area contributed by atoms with Gasteiger partial charge in [-0.15, -0.1) is 0 Å². The molecule has 1 aliphatic heterocycles. The summed E-state index contributed by atoms with van der Waals surface area (Å²) in [6.45, 7) is 6.25. The van der Waals surface area contributed by atoms with E-state index in [0.717, 1.165) is 16.8 Å². The first kappa shape index (κ1) is 24.7. The van der Waals surface area contributed by atoms with E-state index in [4.69, 9.17) is 19.2 Å². The first-order valence-electron chi connectivity index (χ1n) is 12.0. The second-order valence-electron chi connectivity index (χ2n) is 10.0. The fourth-order valence-corrected chi connectivity index (χ4v) is 5.17. The van der Waals surface area contributed by atoms with Crippen LogP contribution in [0.15, 0.2) is 64.8 Å². The number of nitrogens with zero attached hydrogens (tertiary/aromatic N) is 1. The van der Waals surface area contributed by atoms with Crippen LogP contribution in [0.25, 0.3) is 0 Å². The van der Waals surface area contributed by atoms with Crippen LogP contribution in [0.2, 0.25) is 0 Å². The molecule has 0 N–H and O–H groups in total. The van der Waals surface area contributed by atoms with Crippen LogP contribution in [-0.4, -0.2) is 38.3 Å².